The maximum absolute atomic E-state index is 13.5. The number of aromatic hydroxyl groups is 1. The van der Waals surface area contributed by atoms with E-state index >= 15 is 0 Å². The highest BCUT2D eigenvalue weighted by Gasteiger charge is 2.18. The van der Waals surface area contributed by atoms with Crippen LogP contribution < -0.4 is 5.32 Å². The lowest BCUT2D eigenvalue weighted by atomic mass is 10.1. The minimum absolute atomic E-state index is 0.222. The van der Waals surface area contributed by atoms with Crippen LogP contribution in [0.4, 0.5) is 4.39 Å². The lowest BCUT2D eigenvalue weighted by Gasteiger charge is -2.15. The number of halogens is 1. The molecule has 0 fully saturated rings. The Morgan fingerprint density at radius 2 is 2.37 bits per heavy atom. The van der Waals surface area contributed by atoms with E-state index in [1.807, 2.05) is 0 Å². The molecule has 0 radical (unpaired) electrons. The number of amides is 1. The molecule has 100 valence electrons. The predicted octanol–water partition coefficient (Wildman–Crippen LogP) is 1.55. The number of hydrogen-bond acceptors (Lipinski definition) is 3. The van der Waals surface area contributed by atoms with Crippen LogP contribution in [0.25, 0.3) is 0 Å². The van der Waals surface area contributed by atoms with Gasteiger partial charge >= 0.3 is 0 Å². The maximum Gasteiger partial charge on any atom is 0.258 e. The van der Waals surface area contributed by atoms with Crippen LogP contribution in [0.3, 0.4) is 0 Å². The molecular weight excluding hydrogens is 249 g/mol. The molecule has 0 saturated heterocycles. The van der Waals surface area contributed by atoms with Gasteiger partial charge < -0.3 is 15.0 Å². The van der Waals surface area contributed by atoms with Gasteiger partial charge in [-0.1, -0.05) is 6.07 Å². The second kappa shape index (κ2) is 5.51. The van der Waals surface area contributed by atoms with Crippen LogP contribution in [0, 0.1) is 5.82 Å². The standard InChI is InChI=1S/C13H14FN3O2/c1-9(7-17-6-5-15-8-17)16-13(19)12-10(14)3-2-4-11(12)18/h2-6,8-9,18H,7H2,1H3,(H,16,19). The first-order valence-electron chi connectivity index (χ1n) is 5.82. The summed E-state index contributed by atoms with van der Waals surface area (Å²) in [7, 11) is 0. The van der Waals surface area contributed by atoms with Gasteiger partial charge in [0.25, 0.3) is 5.91 Å². The van der Waals surface area contributed by atoms with E-state index in [1.165, 1.54) is 12.1 Å². The van der Waals surface area contributed by atoms with E-state index in [4.69, 9.17) is 0 Å². The van der Waals surface area contributed by atoms with Gasteiger partial charge in [0.1, 0.15) is 17.1 Å². The third-order valence-corrected chi connectivity index (χ3v) is 2.64. The van der Waals surface area contributed by atoms with E-state index in [0.717, 1.165) is 6.07 Å². The largest absolute Gasteiger partial charge is 0.507 e. The molecule has 2 rings (SSSR count). The van der Waals surface area contributed by atoms with E-state index in [1.54, 1.807) is 30.2 Å². The Kier molecular flexibility index (Phi) is 3.79. The average molecular weight is 263 g/mol. The molecule has 0 aliphatic carbocycles. The molecule has 0 aliphatic heterocycles. The predicted molar refractivity (Wildman–Crippen MR) is 67.2 cm³/mol. The fourth-order valence-electron chi connectivity index (χ4n) is 1.79. The SMILES string of the molecule is CC(Cn1ccnc1)NC(=O)c1c(O)cccc1F. The summed E-state index contributed by atoms with van der Waals surface area (Å²) in [5, 5.41) is 12.1. The van der Waals surface area contributed by atoms with Gasteiger partial charge in [-0.25, -0.2) is 9.37 Å². The van der Waals surface area contributed by atoms with E-state index in [9.17, 15) is 14.3 Å². The first-order chi connectivity index (χ1) is 9.08. The van der Waals surface area contributed by atoms with Gasteiger partial charge in [-0.05, 0) is 19.1 Å². The first kappa shape index (κ1) is 13.1. The van der Waals surface area contributed by atoms with Gasteiger partial charge in [0.15, 0.2) is 0 Å². The third kappa shape index (κ3) is 3.09. The highest BCUT2D eigenvalue weighted by Crippen LogP contribution is 2.19. The summed E-state index contributed by atoms with van der Waals surface area (Å²) >= 11 is 0. The molecule has 6 heteroatoms. The molecule has 1 amide bonds. The maximum atomic E-state index is 13.5. The molecule has 0 spiro atoms. The Morgan fingerprint density at radius 3 is 3.00 bits per heavy atom. The number of phenols is 1. The number of nitrogens with one attached hydrogen (secondary N) is 1. The van der Waals surface area contributed by atoms with Gasteiger partial charge in [-0.15, -0.1) is 0 Å². The number of benzene rings is 1. The summed E-state index contributed by atoms with van der Waals surface area (Å²) in [5.74, 6) is -1.75. The Balaban J connectivity index is 2.04. The van der Waals surface area contributed by atoms with Crippen molar-refractivity contribution in [1.29, 1.82) is 0 Å². The molecule has 1 heterocycles. The number of rotatable bonds is 4. The van der Waals surface area contributed by atoms with Crippen molar-refractivity contribution in [3.8, 4) is 5.75 Å². The summed E-state index contributed by atoms with van der Waals surface area (Å²) in [5.41, 5.74) is -0.333. The van der Waals surface area contributed by atoms with Gasteiger partial charge in [0.05, 0.1) is 6.33 Å². The highest BCUT2D eigenvalue weighted by molar-refractivity contribution is 5.97. The van der Waals surface area contributed by atoms with Gasteiger partial charge in [-0.2, -0.15) is 0 Å². The summed E-state index contributed by atoms with van der Waals surface area (Å²) in [6.07, 6.45) is 5.03. The molecule has 1 unspecified atom stereocenters. The second-order valence-corrected chi connectivity index (χ2v) is 4.27. The molecule has 1 atom stereocenters. The van der Waals surface area contributed by atoms with Crippen LogP contribution in [0.1, 0.15) is 17.3 Å². The highest BCUT2D eigenvalue weighted by atomic mass is 19.1. The fourth-order valence-corrected chi connectivity index (χ4v) is 1.79. The van der Waals surface area contributed by atoms with Crippen LogP contribution in [-0.4, -0.2) is 26.6 Å². The molecule has 0 bridgehead atoms. The summed E-state index contributed by atoms with van der Waals surface area (Å²) in [4.78, 5) is 15.8. The third-order valence-electron chi connectivity index (χ3n) is 2.64. The van der Waals surface area contributed by atoms with Crippen molar-refractivity contribution in [2.45, 2.75) is 19.5 Å². The Labute approximate surface area is 109 Å². The van der Waals surface area contributed by atoms with Crippen LogP contribution in [0.15, 0.2) is 36.9 Å². The van der Waals surface area contributed by atoms with Crippen LogP contribution in [-0.2, 0) is 6.54 Å². The molecule has 0 saturated carbocycles. The first-order valence-corrected chi connectivity index (χ1v) is 5.82. The van der Waals surface area contributed by atoms with Crippen molar-refractivity contribution in [3.05, 3.63) is 48.3 Å². The molecule has 19 heavy (non-hydrogen) atoms. The normalized spacial score (nSPS) is 12.1. The topological polar surface area (TPSA) is 67.2 Å². The van der Waals surface area contributed by atoms with Crippen molar-refractivity contribution >= 4 is 5.91 Å². The van der Waals surface area contributed by atoms with E-state index in [0.29, 0.717) is 6.54 Å². The lowest BCUT2D eigenvalue weighted by molar-refractivity contribution is 0.0929. The molecular formula is C13H14FN3O2. The van der Waals surface area contributed by atoms with E-state index in [2.05, 4.69) is 10.3 Å². The zero-order valence-corrected chi connectivity index (χ0v) is 10.4. The van der Waals surface area contributed by atoms with Crippen molar-refractivity contribution in [2.75, 3.05) is 0 Å². The number of phenolic OH excluding ortho intramolecular Hbond substituents is 1. The lowest BCUT2D eigenvalue weighted by Crippen LogP contribution is -2.35. The van der Waals surface area contributed by atoms with Crippen LogP contribution in [0.5, 0.6) is 5.75 Å². The second-order valence-electron chi connectivity index (χ2n) is 4.27. The molecule has 0 aliphatic rings. The minimum atomic E-state index is -0.743. The summed E-state index contributed by atoms with van der Waals surface area (Å²) in [6, 6.07) is 3.53. The summed E-state index contributed by atoms with van der Waals surface area (Å²) in [6.45, 7) is 2.30. The van der Waals surface area contributed by atoms with Crippen molar-refractivity contribution in [1.82, 2.24) is 14.9 Å². The monoisotopic (exact) mass is 263 g/mol. The zero-order chi connectivity index (χ0) is 13.8. The number of nitrogens with zero attached hydrogens (tertiary/aromatic N) is 2. The van der Waals surface area contributed by atoms with Crippen molar-refractivity contribution in [2.24, 2.45) is 0 Å². The Bertz CT molecular complexity index is 549. The smallest absolute Gasteiger partial charge is 0.258 e. The molecule has 1 aromatic heterocycles. The Morgan fingerprint density at radius 1 is 1.58 bits per heavy atom. The Hall–Kier alpha value is -2.37. The average Bonchev–Trinajstić information content (AvgIpc) is 2.81. The number of imidazole rings is 1. The number of carbonyl (C=O) groups is 1. The minimum Gasteiger partial charge on any atom is -0.507 e. The number of carbonyl (C=O) groups excluding carboxylic acids is 1. The van der Waals surface area contributed by atoms with Crippen molar-refractivity contribution in [3.63, 3.8) is 0 Å². The van der Waals surface area contributed by atoms with Gasteiger partial charge in [0.2, 0.25) is 0 Å². The van der Waals surface area contributed by atoms with Gasteiger partial charge in [0, 0.05) is 25.0 Å². The molecule has 2 aromatic rings. The van der Waals surface area contributed by atoms with Crippen molar-refractivity contribution < 1.29 is 14.3 Å². The van der Waals surface area contributed by atoms with E-state index < -0.39 is 11.7 Å². The molecule has 5 nitrogen and oxygen atoms in total. The summed E-state index contributed by atoms with van der Waals surface area (Å²) < 4.78 is 15.3. The number of aromatic nitrogens is 2. The molecule has 2 N–H and O–H groups in total. The van der Waals surface area contributed by atoms with E-state index in [-0.39, 0.29) is 17.4 Å². The fraction of sp³-hybridized carbons (Fsp3) is 0.231. The molecule has 1 aromatic carbocycles. The zero-order valence-electron chi connectivity index (χ0n) is 10.4. The van der Waals surface area contributed by atoms with Crippen LogP contribution >= 0.6 is 0 Å². The number of hydrogen-bond donors (Lipinski definition) is 2. The quantitative estimate of drug-likeness (QED) is 0.879. The van der Waals surface area contributed by atoms with Gasteiger partial charge in [-0.3, -0.25) is 4.79 Å². The van der Waals surface area contributed by atoms with Crippen LogP contribution in [0.2, 0.25) is 0 Å².